The lowest BCUT2D eigenvalue weighted by atomic mass is 9.91. The molecule has 0 bridgehead atoms. The smallest absolute Gasteiger partial charge is 0.252 e. The molecule has 6 nitrogen and oxygen atoms in total. The number of aliphatic hydroxyl groups excluding tert-OH is 1. The number of alkyl halides is 1. The minimum atomic E-state index is -3.53. The molecule has 5 atom stereocenters. The van der Waals surface area contributed by atoms with Crippen molar-refractivity contribution >= 4 is 66.5 Å². The number of amides is 1. The fourth-order valence-electron chi connectivity index (χ4n) is 5.58. The molecule has 1 aromatic rings. The number of hydrogen-bond donors (Lipinski definition) is 2. The highest BCUT2D eigenvalue weighted by molar-refractivity contribution is 14.1. The van der Waals surface area contributed by atoms with Crippen LogP contribution in [0.4, 0.5) is 0 Å². The van der Waals surface area contributed by atoms with Crippen LogP contribution >= 0.6 is 31.8 Å². The minimum Gasteiger partial charge on any atom is -0.383 e. The molecule has 5 rings (SSSR count). The molecule has 0 aromatic heterocycles. The summed E-state index contributed by atoms with van der Waals surface area (Å²) in [6.07, 6.45) is 11.7. The Kier molecular flexibility index (Phi) is 7.29. The number of carbonyl (C=O) groups is 1. The summed E-state index contributed by atoms with van der Waals surface area (Å²) in [6, 6.07) is 5.53. The molecule has 1 heterocycles. The zero-order chi connectivity index (χ0) is 25.0. The number of aliphatic hydroxyl groups is 1. The Balaban J connectivity index is 1.50. The molecule has 1 spiro atoms. The molecule has 4 aliphatic rings. The van der Waals surface area contributed by atoms with E-state index < -0.39 is 19.3 Å². The number of hydrogen-bond acceptors (Lipinski definition) is 4. The van der Waals surface area contributed by atoms with Gasteiger partial charge in [0.15, 0.2) is 0 Å². The van der Waals surface area contributed by atoms with Gasteiger partial charge in [-0.05, 0) is 72.9 Å². The van der Waals surface area contributed by atoms with Crippen molar-refractivity contribution in [1.29, 1.82) is 0 Å². The van der Waals surface area contributed by atoms with Crippen molar-refractivity contribution in [3.05, 3.63) is 47.6 Å². The number of halogens is 1. The first-order valence-electron chi connectivity index (χ1n) is 12.5. The van der Waals surface area contributed by atoms with E-state index in [9.17, 15) is 18.3 Å². The van der Waals surface area contributed by atoms with Crippen LogP contribution in [0.5, 0.6) is 0 Å². The highest BCUT2D eigenvalue weighted by atomic mass is 127. The first-order chi connectivity index (χ1) is 16.6. The monoisotopic (exact) mass is 626 g/mol. The van der Waals surface area contributed by atoms with E-state index in [4.69, 9.17) is 0 Å². The summed E-state index contributed by atoms with van der Waals surface area (Å²) >= 11 is 1.93. The Bertz CT molecular complexity index is 1180. The highest BCUT2D eigenvalue weighted by Gasteiger charge is 2.62. The highest BCUT2D eigenvalue weighted by Crippen LogP contribution is 2.56. The van der Waals surface area contributed by atoms with Crippen LogP contribution in [0.25, 0.3) is 5.57 Å². The lowest BCUT2D eigenvalue weighted by molar-refractivity contribution is -0.142. The zero-order valence-electron chi connectivity index (χ0n) is 20.0. The van der Waals surface area contributed by atoms with Crippen molar-refractivity contribution in [3.8, 4) is 0 Å². The average Bonchev–Trinajstić information content (AvgIpc) is 3.76. The third-order valence-corrected chi connectivity index (χ3v) is 12.2. The molecule has 2 saturated carbocycles. The van der Waals surface area contributed by atoms with Crippen LogP contribution < -0.4 is 10.0 Å². The molecule has 0 radical (unpaired) electrons. The molecular weight excluding hydrogens is 593 g/mol. The van der Waals surface area contributed by atoms with Gasteiger partial charge in [0, 0.05) is 18.0 Å². The fraction of sp³-hybridized carbons (Fsp3) is 0.560. The Morgan fingerprint density at radius 2 is 2.06 bits per heavy atom. The van der Waals surface area contributed by atoms with Crippen molar-refractivity contribution in [1.82, 2.24) is 9.62 Å². The van der Waals surface area contributed by atoms with E-state index in [1.54, 1.807) is 12.7 Å². The van der Waals surface area contributed by atoms with E-state index >= 15 is 0 Å². The second-order valence-electron chi connectivity index (χ2n) is 10.6. The van der Waals surface area contributed by atoms with Gasteiger partial charge in [-0.3, -0.25) is 4.79 Å². The number of sulfonamides is 1. The number of carbonyl (C=O) groups excluding carboxylic acids is 1. The van der Waals surface area contributed by atoms with Gasteiger partial charge in [0.1, 0.15) is 14.0 Å². The average molecular weight is 626 g/mol. The third kappa shape index (κ3) is 5.18. The first kappa shape index (κ1) is 25.9. The fourth-order valence-corrected chi connectivity index (χ4v) is 7.45. The predicted molar refractivity (Wildman–Crippen MR) is 154 cm³/mol. The Labute approximate surface area is 225 Å². The van der Waals surface area contributed by atoms with E-state index in [2.05, 4.69) is 44.3 Å². The lowest BCUT2D eigenvalue weighted by Gasteiger charge is -2.31. The topological polar surface area (TPSA) is 86.7 Å². The summed E-state index contributed by atoms with van der Waals surface area (Å²) in [5, 5.41) is 11.8. The van der Waals surface area contributed by atoms with Gasteiger partial charge in [-0.2, -0.15) is 0 Å². The van der Waals surface area contributed by atoms with Crippen LogP contribution in [0.1, 0.15) is 49.7 Å². The van der Waals surface area contributed by atoms with Gasteiger partial charge in [0.2, 0.25) is 10.0 Å². The normalized spacial score (nSPS) is 27.1. The largest absolute Gasteiger partial charge is 0.383 e. The third-order valence-electron chi connectivity index (χ3n) is 8.08. The first-order valence-corrected chi connectivity index (χ1v) is 15.9. The van der Waals surface area contributed by atoms with Gasteiger partial charge in [-0.15, -0.1) is 9.24 Å². The van der Waals surface area contributed by atoms with Crippen molar-refractivity contribution < 1.29 is 18.3 Å². The summed E-state index contributed by atoms with van der Waals surface area (Å²) < 4.78 is 28.4. The Morgan fingerprint density at radius 1 is 1.31 bits per heavy atom. The van der Waals surface area contributed by atoms with Crippen molar-refractivity contribution in [3.63, 3.8) is 0 Å². The van der Waals surface area contributed by atoms with Gasteiger partial charge >= 0.3 is 0 Å². The number of benzene rings is 1. The molecule has 35 heavy (non-hydrogen) atoms. The molecule has 3 aliphatic carbocycles. The van der Waals surface area contributed by atoms with Gasteiger partial charge < -0.3 is 10.0 Å². The Morgan fingerprint density at radius 3 is 2.66 bits per heavy atom. The molecule has 1 aliphatic heterocycles. The molecule has 1 saturated heterocycles. The van der Waals surface area contributed by atoms with E-state index in [1.807, 2.05) is 28.7 Å². The summed E-state index contributed by atoms with van der Waals surface area (Å²) in [4.78, 5) is 15.3. The molecule has 10 heteroatoms. The lowest BCUT2D eigenvalue weighted by Crippen LogP contribution is -2.52. The van der Waals surface area contributed by atoms with Gasteiger partial charge in [-0.1, -0.05) is 59.0 Å². The van der Waals surface area contributed by atoms with Gasteiger partial charge in [0.25, 0.3) is 5.91 Å². The summed E-state index contributed by atoms with van der Waals surface area (Å²) in [5.74, 6) is -0.207. The van der Waals surface area contributed by atoms with E-state index in [0.717, 1.165) is 55.0 Å². The van der Waals surface area contributed by atoms with Crippen LogP contribution in [-0.4, -0.2) is 60.1 Å². The second-order valence-corrected chi connectivity index (χ2v) is 15.9. The van der Waals surface area contributed by atoms with Crippen LogP contribution in [0.2, 0.25) is 0 Å². The van der Waals surface area contributed by atoms with Crippen LogP contribution in [0.15, 0.2) is 36.4 Å². The van der Waals surface area contributed by atoms with Crippen molar-refractivity contribution in [2.75, 3.05) is 6.54 Å². The maximum absolute atomic E-state index is 13.5. The van der Waals surface area contributed by atoms with Crippen molar-refractivity contribution in [2.24, 2.45) is 11.3 Å². The molecule has 1 amide bonds. The predicted octanol–water partition coefficient (Wildman–Crippen LogP) is 1.86. The van der Waals surface area contributed by atoms with E-state index in [1.165, 1.54) is 5.57 Å². The maximum Gasteiger partial charge on any atom is 0.252 e. The number of likely N-dealkylation sites (tertiary alicyclic amines) is 1. The molecule has 5 unspecified atom stereocenters. The van der Waals surface area contributed by atoms with E-state index in [0.29, 0.717) is 13.0 Å². The Hall–Kier alpha value is -0.735. The number of allylic oxidation sites excluding steroid dienone is 4. The minimum absolute atomic E-state index is 0.0362. The summed E-state index contributed by atoms with van der Waals surface area (Å²) in [7, 11) is 1.01. The SMILES string of the molecule is BC(I)S(=O)(=O)NC1C(Cc2cccc(C3=CCCC=C3)c2P)N(C(=O)C(O)C2CC2)CC12CC2. The van der Waals surface area contributed by atoms with Crippen LogP contribution in [-0.2, 0) is 21.2 Å². The number of nitrogens with zero attached hydrogens (tertiary/aromatic N) is 1. The molecular formula is C25H33BIN2O4PS. The number of rotatable bonds is 8. The van der Waals surface area contributed by atoms with Crippen LogP contribution in [0, 0.1) is 11.3 Å². The number of nitrogens with one attached hydrogen (secondary N) is 1. The van der Waals surface area contributed by atoms with Gasteiger partial charge in [0.05, 0.1) is 9.20 Å². The maximum atomic E-state index is 13.5. The zero-order valence-corrected chi connectivity index (χ0v) is 24.1. The summed E-state index contributed by atoms with van der Waals surface area (Å²) in [5.41, 5.74) is 3.19. The molecule has 3 fully saturated rings. The van der Waals surface area contributed by atoms with Crippen LogP contribution in [0.3, 0.4) is 0 Å². The second kappa shape index (κ2) is 9.86. The quantitative estimate of drug-likeness (QED) is 0.200. The molecule has 188 valence electrons. The molecule has 2 N–H and O–H groups in total. The standard InChI is InChI=1S/C25H33BIN2O4PS/c26-24(27)35(32,33)28-22-19(29(14-25(22)11-12-25)23(31)20(30)16-9-10-16)13-17-7-4-8-18(21(17)34)15-5-2-1-3-6-15/h2,4-8,16,19-20,22,24,28,30H,1,3,9-14,26,34H2. The van der Waals surface area contributed by atoms with Crippen molar-refractivity contribution in [2.45, 2.75) is 66.3 Å². The van der Waals surface area contributed by atoms with Gasteiger partial charge in [-0.25, -0.2) is 13.1 Å². The van der Waals surface area contributed by atoms with E-state index in [-0.39, 0.29) is 29.3 Å². The molecule has 1 aromatic carbocycles. The summed E-state index contributed by atoms with van der Waals surface area (Å²) in [6.45, 7) is 0.503.